The van der Waals surface area contributed by atoms with Crippen molar-refractivity contribution in [2.45, 2.75) is 13.3 Å². The normalized spacial score (nSPS) is 10.5. The van der Waals surface area contributed by atoms with E-state index in [2.05, 4.69) is 10.1 Å². The van der Waals surface area contributed by atoms with Gasteiger partial charge in [-0.25, -0.2) is 0 Å². The van der Waals surface area contributed by atoms with Gasteiger partial charge in [-0.1, -0.05) is 11.6 Å². The number of Topliss-reactive ketones (excluding diaryl/α,β-unsaturated/α-hetero) is 1. The first-order valence-corrected chi connectivity index (χ1v) is 5.58. The van der Waals surface area contributed by atoms with Gasteiger partial charge < -0.3 is 0 Å². The summed E-state index contributed by atoms with van der Waals surface area (Å²) in [4.78, 5) is 15.9. The molecular weight excluding hydrogens is 238 g/mol. The van der Waals surface area contributed by atoms with Crippen LogP contribution in [0.3, 0.4) is 0 Å². The lowest BCUT2D eigenvalue weighted by Gasteiger charge is -2.03. The molecule has 0 saturated heterocycles. The van der Waals surface area contributed by atoms with Crippen LogP contribution in [0.25, 0.3) is 0 Å². The molecule has 0 aliphatic rings. The number of ketones is 1. The quantitative estimate of drug-likeness (QED) is 0.784. The molecule has 0 saturated carbocycles. The summed E-state index contributed by atoms with van der Waals surface area (Å²) in [6.07, 6.45) is 3.33. The van der Waals surface area contributed by atoms with E-state index in [9.17, 15) is 4.79 Å². The Morgan fingerprint density at radius 2 is 2.29 bits per heavy atom. The maximum atomic E-state index is 12.0. The molecule has 0 fully saturated rings. The fourth-order valence-electron chi connectivity index (χ4n) is 1.69. The third-order valence-electron chi connectivity index (χ3n) is 2.51. The van der Waals surface area contributed by atoms with E-state index in [1.54, 1.807) is 16.9 Å². The van der Waals surface area contributed by atoms with Gasteiger partial charge in [0.25, 0.3) is 0 Å². The van der Waals surface area contributed by atoms with E-state index in [4.69, 9.17) is 11.6 Å². The molecule has 0 aromatic carbocycles. The van der Waals surface area contributed by atoms with E-state index in [0.717, 1.165) is 11.4 Å². The van der Waals surface area contributed by atoms with E-state index in [-0.39, 0.29) is 5.78 Å². The number of aromatic nitrogens is 3. The van der Waals surface area contributed by atoms with Crippen molar-refractivity contribution < 1.29 is 4.79 Å². The number of pyridine rings is 1. The maximum absolute atomic E-state index is 12.0. The predicted molar refractivity (Wildman–Crippen MR) is 65.2 cm³/mol. The molecule has 0 amide bonds. The SMILES string of the molecule is Cc1cc(CC(=O)c2ccncc2Cl)n(C)n1. The summed E-state index contributed by atoms with van der Waals surface area (Å²) >= 11 is 5.92. The predicted octanol–water partition coefficient (Wildman–Crippen LogP) is 2.20. The zero-order valence-corrected chi connectivity index (χ0v) is 10.4. The van der Waals surface area contributed by atoms with Crippen molar-refractivity contribution in [3.05, 3.63) is 46.5 Å². The highest BCUT2D eigenvalue weighted by Gasteiger charge is 2.13. The van der Waals surface area contributed by atoms with Crippen LogP contribution in [0.4, 0.5) is 0 Å². The Hall–Kier alpha value is -1.68. The first-order valence-electron chi connectivity index (χ1n) is 5.20. The van der Waals surface area contributed by atoms with Gasteiger partial charge in [0.1, 0.15) is 0 Å². The monoisotopic (exact) mass is 249 g/mol. The van der Waals surface area contributed by atoms with Crippen LogP contribution in [-0.4, -0.2) is 20.5 Å². The molecular formula is C12H12ClN3O. The molecule has 0 spiro atoms. The first-order chi connectivity index (χ1) is 8.08. The molecule has 0 aliphatic carbocycles. The zero-order valence-electron chi connectivity index (χ0n) is 9.64. The summed E-state index contributed by atoms with van der Waals surface area (Å²) in [5.41, 5.74) is 2.28. The number of rotatable bonds is 3. The molecule has 0 N–H and O–H groups in total. The highest BCUT2D eigenvalue weighted by atomic mass is 35.5. The lowest BCUT2D eigenvalue weighted by Crippen LogP contribution is -2.08. The largest absolute Gasteiger partial charge is 0.294 e. The van der Waals surface area contributed by atoms with Gasteiger partial charge in [-0.05, 0) is 19.1 Å². The Kier molecular flexibility index (Phi) is 3.24. The van der Waals surface area contributed by atoms with Crippen LogP contribution in [0.1, 0.15) is 21.7 Å². The van der Waals surface area contributed by atoms with Crippen LogP contribution < -0.4 is 0 Å². The molecule has 2 aromatic rings. The minimum absolute atomic E-state index is 0.0274. The van der Waals surface area contributed by atoms with E-state index in [1.165, 1.54) is 6.20 Å². The third-order valence-corrected chi connectivity index (χ3v) is 2.81. The molecule has 0 atom stereocenters. The molecule has 2 heterocycles. The van der Waals surface area contributed by atoms with Crippen molar-refractivity contribution in [1.29, 1.82) is 0 Å². The van der Waals surface area contributed by atoms with E-state index >= 15 is 0 Å². The lowest BCUT2D eigenvalue weighted by atomic mass is 10.1. The molecule has 0 unspecified atom stereocenters. The topological polar surface area (TPSA) is 47.8 Å². The van der Waals surface area contributed by atoms with Gasteiger partial charge in [0.15, 0.2) is 5.78 Å². The molecule has 0 aliphatic heterocycles. The van der Waals surface area contributed by atoms with Gasteiger partial charge in [0, 0.05) is 30.7 Å². The summed E-state index contributed by atoms with van der Waals surface area (Å²) < 4.78 is 1.71. The Labute approximate surface area is 104 Å². The second kappa shape index (κ2) is 4.67. The van der Waals surface area contributed by atoms with Gasteiger partial charge in [-0.3, -0.25) is 14.5 Å². The van der Waals surface area contributed by atoms with Gasteiger partial charge >= 0.3 is 0 Å². The molecule has 4 nitrogen and oxygen atoms in total. The van der Waals surface area contributed by atoms with Crippen molar-refractivity contribution in [1.82, 2.24) is 14.8 Å². The number of aryl methyl sites for hydroxylation is 2. The fourth-order valence-corrected chi connectivity index (χ4v) is 1.92. The Balaban J connectivity index is 2.23. The van der Waals surface area contributed by atoms with Crippen LogP contribution in [0, 0.1) is 6.92 Å². The Bertz CT molecular complexity index is 563. The van der Waals surface area contributed by atoms with E-state index in [1.807, 2.05) is 20.0 Å². The second-order valence-electron chi connectivity index (χ2n) is 3.86. The van der Waals surface area contributed by atoms with Gasteiger partial charge in [-0.15, -0.1) is 0 Å². The molecule has 2 rings (SSSR count). The van der Waals surface area contributed by atoms with Crippen LogP contribution in [0.15, 0.2) is 24.5 Å². The molecule has 88 valence electrons. The van der Waals surface area contributed by atoms with Gasteiger partial charge in [-0.2, -0.15) is 5.10 Å². The van der Waals surface area contributed by atoms with Crippen molar-refractivity contribution in [3.63, 3.8) is 0 Å². The average Bonchev–Trinajstić information content (AvgIpc) is 2.58. The third kappa shape index (κ3) is 2.53. The Morgan fingerprint density at radius 3 is 2.88 bits per heavy atom. The number of carbonyl (C=O) groups excluding carboxylic acids is 1. The number of hydrogen-bond donors (Lipinski definition) is 0. The molecule has 0 radical (unpaired) electrons. The van der Waals surface area contributed by atoms with E-state index < -0.39 is 0 Å². The minimum Gasteiger partial charge on any atom is -0.294 e. The minimum atomic E-state index is -0.0274. The van der Waals surface area contributed by atoms with Crippen molar-refractivity contribution in [2.24, 2.45) is 7.05 Å². The molecule has 2 aromatic heterocycles. The summed E-state index contributed by atoms with van der Waals surface area (Å²) in [6.45, 7) is 1.90. The maximum Gasteiger partial charge on any atom is 0.170 e. The standard InChI is InChI=1S/C12H12ClN3O/c1-8-5-9(16(2)15-8)6-12(17)10-3-4-14-7-11(10)13/h3-5,7H,6H2,1-2H3. The number of halogens is 1. The van der Waals surface area contributed by atoms with Gasteiger partial charge in [0.2, 0.25) is 0 Å². The summed E-state index contributed by atoms with van der Waals surface area (Å²) in [5.74, 6) is -0.0274. The van der Waals surface area contributed by atoms with Gasteiger partial charge in [0.05, 0.1) is 17.1 Å². The van der Waals surface area contributed by atoms with Crippen LogP contribution >= 0.6 is 11.6 Å². The number of nitrogens with zero attached hydrogens (tertiary/aromatic N) is 3. The van der Waals surface area contributed by atoms with Crippen molar-refractivity contribution >= 4 is 17.4 Å². The Morgan fingerprint density at radius 1 is 1.53 bits per heavy atom. The lowest BCUT2D eigenvalue weighted by molar-refractivity contribution is 0.0991. The van der Waals surface area contributed by atoms with Crippen LogP contribution in [0.5, 0.6) is 0 Å². The molecule has 17 heavy (non-hydrogen) atoms. The highest BCUT2D eigenvalue weighted by Crippen LogP contribution is 2.16. The fraction of sp³-hybridized carbons (Fsp3) is 0.250. The summed E-state index contributed by atoms with van der Waals surface area (Å²) in [6, 6.07) is 3.53. The van der Waals surface area contributed by atoms with Crippen LogP contribution in [-0.2, 0) is 13.5 Å². The first kappa shape index (κ1) is 11.8. The zero-order chi connectivity index (χ0) is 12.4. The number of hydrogen-bond acceptors (Lipinski definition) is 3. The van der Waals surface area contributed by atoms with Crippen molar-refractivity contribution in [2.75, 3.05) is 0 Å². The summed E-state index contributed by atoms with van der Waals surface area (Å²) in [7, 11) is 1.82. The van der Waals surface area contributed by atoms with Crippen molar-refractivity contribution in [3.8, 4) is 0 Å². The second-order valence-corrected chi connectivity index (χ2v) is 4.26. The van der Waals surface area contributed by atoms with E-state index in [0.29, 0.717) is 17.0 Å². The molecule has 5 heteroatoms. The van der Waals surface area contributed by atoms with Crippen LogP contribution in [0.2, 0.25) is 5.02 Å². The summed E-state index contributed by atoms with van der Waals surface area (Å²) in [5, 5.41) is 4.58. The molecule has 0 bridgehead atoms. The number of carbonyl (C=O) groups is 1. The smallest absolute Gasteiger partial charge is 0.170 e. The highest BCUT2D eigenvalue weighted by molar-refractivity contribution is 6.33. The average molecular weight is 250 g/mol.